The third-order valence-electron chi connectivity index (χ3n) is 10.4. The van der Waals surface area contributed by atoms with E-state index < -0.39 is 33.0 Å². The summed E-state index contributed by atoms with van der Waals surface area (Å²) in [5.41, 5.74) is 1.76. The van der Waals surface area contributed by atoms with E-state index in [2.05, 4.69) is 37.8 Å². The van der Waals surface area contributed by atoms with E-state index in [9.17, 15) is 32.0 Å². The Kier molecular flexibility index (Phi) is 9.92. The van der Waals surface area contributed by atoms with E-state index in [1.54, 1.807) is 36.6 Å². The molecule has 1 aliphatic carbocycles. The Morgan fingerprint density at radius 3 is 2.58 bits per heavy atom. The van der Waals surface area contributed by atoms with Gasteiger partial charge in [0.2, 0.25) is 10.0 Å². The topological polar surface area (TPSA) is 154 Å². The zero-order valence-electron chi connectivity index (χ0n) is 30.3. The second-order valence-corrected chi connectivity index (χ2v) is 17.4. The number of alkyl halides is 2. The van der Waals surface area contributed by atoms with Crippen LogP contribution in [0.4, 0.5) is 14.6 Å². The van der Waals surface area contributed by atoms with Crippen molar-refractivity contribution in [3.05, 3.63) is 79.9 Å². The van der Waals surface area contributed by atoms with Crippen LogP contribution in [0.15, 0.2) is 46.8 Å². The van der Waals surface area contributed by atoms with Crippen LogP contribution in [-0.4, -0.2) is 82.6 Å². The van der Waals surface area contributed by atoms with Gasteiger partial charge in [0.25, 0.3) is 17.4 Å². The maximum absolute atomic E-state index is 14.1. The summed E-state index contributed by atoms with van der Waals surface area (Å²) in [5.74, 6) is 3.55. The van der Waals surface area contributed by atoms with Crippen LogP contribution in [0.2, 0.25) is 5.02 Å². The molecule has 7 rings (SSSR count). The number of hydrogen-bond donors (Lipinski definition) is 1. The van der Waals surface area contributed by atoms with Gasteiger partial charge in [-0.15, -0.1) is 11.3 Å². The highest BCUT2D eigenvalue weighted by molar-refractivity contribution is 7.89. The van der Waals surface area contributed by atoms with Gasteiger partial charge < -0.3 is 4.90 Å². The van der Waals surface area contributed by atoms with Gasteiger partial charge in [-0.1, -0.05) is 23.4 Å². The van der Waals surface area contributed by atoms with E-state index in [1.165, 1.54) is 28.3 Å². The third-order valence-corrected chi connectivity index (χ3v) is 12.2. The summed E-state index contributed by atoms with van der Waals surface area (Å²) in [6.07, 6.45) is 5.01. The maximum atomic E-state index is 14.1. The number of nitrogens with one attached hydrogen (secondary N) is 1. The number of fused-ring (bicyclic) bond motifs is 2. The lowest BCUT2D eigenvalue weighted by atomic mass is 9.72. The Bertz CT molecular complexity index is 2670. The number of sulfonamides is 1. The standard InChI is InChI=1S/C38H35ClF2N8O4S2/c1-22-45-30-18-44-34(47(3)25-10-14-48(15-11-25)37(2)20-38(40,41)21-37)28(17-42)31(30)36(51)49(22)13-5-6-23-7-8-24(39)16-27(23)26-9-12-43-32-29(19-54-33(26)32)35(50)46-55(4,52)53/h7-9,12,16,18-19,25H,10-11,13-15,20-21H2,1-4H3,(H,46,50). The van der Waals surface area contributed by atoms with E-state index in [-0.39, 0.29) is 47.5 Å². The smallest absolute Gasteiger partial charge is 0.267 e. The molecule has 0 unspecified atom stereocenters. The molecule has 4 aromatic heterocycles. The summed E-state index contributed by atoms with van der Waals surface area (Å²) >= 11 is 7.65. The first kappa shape index (κ1) is 38.3. The van der Waals surface area contributed by atoms with Crippen molar-refractivity contribution >= 4 is 65.8 Å². The highest BCUT2D eigenvalue weighted by Crippen LogP contribution is 2.49. The van der Waals surface area contributed by atoms with Crippen LogP contribution in [0.3, 0.4) is 0 Å². The fourth-order valence-corrected chi connectivity index (χ4v) is 9.36. The van der Waals surface area contributed by atoms with Crippen molar-refractivity contribution in [2.45, 2.75) is 63.6 Å². The average molecular weight is 805 g/mol. The molecule has 17 heteroatoms. The van der Waals surface area contributed by atoms with Crippen molar-refractivity contribution in [1.29, 1.82) is 5.26 Å². The van der Waals surface area contributed by atoms with Gasteiger partial charge in [0.05, 0.1) is 45.7 Å². The Balaban J connectivity index is 1.17. The minimum Gasteiger partial charge on any atom is -0.355 e. The monoisotopic (exact) mass is 804 g/mol. The van der Waals surface area contributed by atoms with Crippen LogP contribution < -0.4 is 15.2 Å². The molecule has 1 saturated carbocycles. The summed E-state index contributed by atoms with van der Waals surface area (Å²) in [5, 5.41) is 12.5. The van der Waals surface area contributed by atoms with Crippen molar-refractivity contribution < 1.29 is 22.0 Å². The number of halogens is 3. The fraction of sp³-hybridized carbons (Fsp3) is 0.368. The highest BCUT2D eigenvalue weighted by Gasteiger charge is 2.56. The molecule has 1 amide bonds. The lowest BCUT2D eigenvalue weighted by Gasteiger charge is -2.54. The fourth-order valence-electron chi connectivity index (χ4n) is 7.71. The highest BCUT2D eigenvalue weighted by atomic mass is 35.5. The summed E-state index contributed by atoms with van der Waals surface area (Å²) in [4.78, 5) is 44.3. The molecule has 2 aliphatic rings. The first-order valence-corrected chi connectivity index (χ1v) is 20.5. The molecule has 0 radical (unpaired) electrons. The Morgan fingerprint density at radius 2 is 1.91 bits per heavy atom. The molecule has 55 heavy (non-hydrogen) atoms. The van der Waals surface area contributed by atoms with E-state index in [0.717, 1.165) is 6.26 Å². The van der Waals surface area contributed by atoms with Crippen molar-refractivity contribution in [1.82, 2.24) is 29.1 Å². The SMILES string of the molecule is Cc1nc2cnc(N(C)C3CCN(C4(C)CC(F)(F)C4)CC3)c(C#N)c2c(=O)n1CC#Cc1ccc(Cl)cc1-c1ccnc2c(C(=O)NS(C)(=O)=O)csc12. The van der Waals surface area contributed by atoms with Crippen molar-refractivity contribution in [3.8, 4) is 29.0 Å². The molecule has 0 atom stereocenters. The number of aryl methyl sites for hydroxylation is 1. The molecule has 5 aromatic rings. The summed E-state index contributed by atoms with van der Waals surface area (Å²) in [6.45, 7) is 4.80. The van der Waals surface area contributed by atoms with Gasteiger partial charge in [-0.25, -0.2) is 31.9 Å². The number of carbonyl (C=O) groups is 1. The number of likely N-dealkylation sites (tertiary alicyclic amines) is 1. The van der Waals surface area contributed by atoms with E-state index in [0.29, 0.717) is 69.5 Å². The van der Waals surface area contributed by atoms with Crippen molar-refractivity contribution in [3.63, 3.8) is 0 Å². The molecule has 1 aliphatic heterocycles. The third kappa shape index (κ3) is 7.39. The Hall–Kier alpha value is -5.00. The first-order chi connectivity index (χ1) is 26.0. The number of carbonyl (C=O) groups excluding carboxylic acids is 1. The molecule has 5 heterocycles. The average Bonchev–Trinajstić information content (AvgIpc) is 3.56. The lowest BCUT2D eigenvalue weighted by Crippen LogP contribution is -2.63. The number of anilines is 1. The quantitative estimate of drug-likeness (QED) is 0.202. The molecule has 1 saturated heterocycles. The van der Waals surface area contributed by atoms with Crippen LogP contribution >= 0.6 is 22.9 Å². The van der Waals surface area contributed by atoms with E-state index in [1.807, 2.05) is 23.6 Å². The lowest BCUT2D eigenvalue weighted by molar-refractivity contribution is -0.172. The molecular formula is C38H35ClF2N8O4S2. The number of aromatic nitrogens is 4. The molecule has 12 nitrogen and oxygen atoms in total. The predicted octanol–water partition coefficient (Wildman–Crippen LogP) is 5.73. The van der Waals surface area contributed by atoms with Crippen LogP contribution in [-0.2, 0) is 16.6 Å². The first-order valence-electron chi connectivity index (χ1n) is 17.3. The molecule has 0 spiro atoms. The van der Waals surface area contributed by atoms with Crippen LogP contribution in [0.25, 0.3) is 32.2 Å². The minimum atomic E-state index is -3.79. The molecule has 0 bridgehead atoms. The number of nitrogens with zero attached hydrogens (tertiary/aromatic N) is 7. The van der Waals surface area contributed by atoms with Gasteiger partial charge in [-0.05, 0) is 51.0 Å². The predicted molar refractivity (Wildman–Crippen MR) is 208 cm³/mol. The summed E-state index contributed by atoms with van der Waals surface area (Å²) in [7, 11) is -1.96. The van der Waals surface area contributed by atoms with Gasteiger partial charge in [-0.3, -0.25) is 24.0 Å². The minimum absolute atomic E-state index is 0.00963. The Labute approximate surface area is 324 Å². The van der Waals surface area contributed by atoms with Gasteiger partial charge in [0.15, 0.2) is 0 Å². The van der Waals surface area contributed by atoms with Crippen LogP contribution in [0.5, 0.6) is 0 Å². The number of thiophene rings is 1. The van der Waals surface area contributed by atoms with Crippen molar-refractivity contribution in [2.75, 3.05) is 31.3 Å². The molecule has 1 aromatic carbocycles. The van der Waals surface area contributed by atoms with Gasteiger partial charge >= 0.3 is 0 Å². The van der Waals surface area contributed by atoms with Crippen molar-refractivity contribution in [2.24, 2.45) is 0 Å². The van der Waals surface area contributed by atoms with E-state index >= 15 is 0 Å². The second-order valence-electron chi connectivity index (χ2n) is 14.3. The largest absolute Gasteiger partial charge is 0.355 e. The zero-order valence-corrected chi connectivity index (χ0v) is 32.7. The Morgan fingerprint density at radius 1 is 1.18 bits per heavy atom. The number of amides is 1. The second kappa shape index (κ2) is 14.3. The number of pyridine rings is 2. The van der Waals surface area contributed by atoms with E-state index in [4.69, 9.17) is 11.6 Å². The number of rotatable bonds is 7. The zero-order chi connectivity index (χ0) is 39.4. The summed E-state index contributed by atoms with van der Waals surface area (Å²) in [6, 6.07) is 9.09. The molecule has 1 N–H and O–H groups in total. The number of benzene rings is 1. The van der Waals surface area contributed by atoms with Gasteiger partial charge in [0.1, 0.15) is 23.3 Å². The van der Waals surface area contributed by atoms with Crippen LogP contribution in [0.1, 0.15) is 59.9 Å². The van der Waals surface area contributed by atoms with Crippen LogP contribution in [0, 0.1) is 30.1 Å². The molecule has 2 fully saturated rings. The summed E-state index contributed by atoms with van der Waals surface area (Å²) < 4.78 is 54.8. The molecular weight excluding hydrogens is 770 g/mol. The van der Waals surface area contributed by atoms with Gasteiger partial charge in [-0.2, -0.15) is 5.26 Å². The number of hydrogen-bond acceptors (Lipinski definition) is 11. The maximum Gasteiger partial charge on any atom is 0.267 e. The van der Waals surface area contributed by atoms with Gasteiger partial charge in [0, 0.05) is 77.8 Å². The molecule has 284 valence electrons. The normalized spacial score (nSPS) is 16.9. The number of piperidine rings is 1. The number of nitriles is 1.